The van der Waals surface area contributed by atoms with E-state index >= 15 is 0 Å². The molecular formula is C11H22N2O. The second kappa shape index (κ2) is 6.80. The van der Waals surface area contributed by atoms with Gasteiger partial charge in [-0.2, -0.15) is 5.26 Å². The summed E-state index contributed by atoms with van der Waals surface area (Å²) in [4.78, 5) is 0. The van der Waals surface area contributed by atoms with Crippen molar-refractivity contribution in [2.45, 2.75) is 58.1 Å². The van der Waals surface area contributed by atoms with Gasteiger partial charge >= 0.3 is 0 Å². The van der Waals surface area contributed by atoms with Crippen molar-refractivity contribution in [3.05, 3.63) is 0 Å². The maximum absolute atomic E-state index is 8.82. The van der Waals surface area contributed by atoms with Crippen LogP contribution in [0.4, 0.5) is 0 Å². The van der Waals surface area contributed by atoms with Crippen LogP contribution >= 0.6 is 0 Å². The molecule has 0 amide bonds. The Hall–Kier alpha value is -0.590. The van der Waals surface area contributed by atoms with Gasteiger partial charge in [0.1, 0.15) is 5.54 Å². The van der Waals surface area contributed by atoms with Gasteiger partial charge < -0.3 is 10.5 Å². The van der Waals surface area contributed by atoms with Crippen LogP contribution in [0.25, 0.3) is 0 Å². The van der Waals surface area contributed by atoms with Crippen LogP contribution in [0.3, 0.4) is 0 Å². The maximum atomic E-state index is 8.82. The molecule has 0 saturated heterocycles. The lowest BCUT2D eigenvalue weighted by atomic mass is 9.94. The summed E-state index contributed by atoms with van der Waals surface area (Å²) in [5.74, 6) is 0. The van der Waals surface area contributed by atoms with Gasteiger partial charge in [0.15, 0.2) is 0 Å². The molecule has 0 rings (SSSR count). The zero-order valence-electron chi connectivity index (χ0n) is 9.55. The highest BCUT2D eigenvalue weighted by atomic mass is 16.5. The molecule has 3 nitrogen and oxygen atoms in total. The van der Waals surface area contributed by atoms with Crippen LogP contribution in [0.1, 0.15) is 46.5 Å². The summed E-state index contributed by atoms with van der Waals surface area (Å²) >= 11 is 0. The molecule has 0 fully saturated rings. The predicted molar refractivity (Wildman–Crippen MR) is 57.8 cm³/mol. The van der Waals surface area contributed by atoms with Gasteiger partial charge in [0.05, 0.1) is 12.2 Å². The Kier molecular flexibility index (Phi) is 6.52. The fraction of sp³-hybridized carbons (Fsp3) is 0.909. The van der Waals surface area contributed by atoms with Crippen LogP contribution in [0.2, 0.25) is 0 Å². The molecule has 0 spiro atoms. The molecule has 0 aromatic carbocycles. The molecule has 0 aromatic heterocycles. The lowest BCUT2D eigenvalue weighted by molar-refractivity contribution is 0.0591. The third kappa shape index (κ3) is 5.21. The fourth-order valence-corrected chi connectivity index (χ4v) is 1.10. The van der Waals surface area contributed by atoms with Crippen LogP contribution in [0, 0.1) is 11.3 Å². The summed E-state index contributed by atoms with van der Waals surface area (Å²) in [6.07, 6.45) is 3.62. The molecule has 14 heavy (non-hydrogen) atoms. The Morgan fingerprint density at radius 2 is 2.14 bits per heavy atom. The largest absolute Gasteiger partial charge is 0.379 e. The molecule has 0 bridgehead atoms. The Labute approximate surface area is 87.2 Å². The molecule has 2 atom stereocenters. The first-order valence-corrected chi connectivity index (χ1v) is 5.39. The monoisotopic (exact) mass is 198 g/mol. The van der Waals surface area contributed by atoms with E-state index in [0.717, 1.165) is 19.3 Å². The standard InChI is InChI=1S/C11H22N2O/c1-4-10(3)14-8-6-7-11(13,5-2)9-12/h10H,4-8,13H2,1-3H3. The molecule has 0 aliphatic carbocycles. The minimum absolute atomic E-state index is 0.311. The van der Waals surface area contributed by atoms with Crippen molar-refractivity contribution in [1.29, 1.82) is 5.26 Å². The number of nitriles is 1. The van der Waals surface area contributed by atoms with Crippen molar-refractivity contribution in [3.8, 4) is 6.07 Å². The molecule has 0 heterocycles. The minimum atomic E-state index is -0.654. The number of nitrogens with two attached hydrogens (primary N) is 1. The van der Waals surface area contributed by atoms with Gasteiger partial charge in [-0.25, -0.2) is 0 Å². The normalized spacial score (nSPS) is 17.1. The molecule has 0 radical (unpaired) electrons. The van der Waals surface area contributed by atoms with Crippen molar-refractivity contribution in [2.24, 2.45) is 5.73 Å². The number of nitrogens with zero attached hydrogens (tertiary/aromatic N) is 1. The summed E-state index contributed by atoms with van der Waals surface area (Å²) in [6, 6.07) is 2.15. The Bertz CT molecular complexity index is 188. The highest BCUT2D eigenvalue weighted by Gasteiger charge is 2.20. The van der Waals surface area contributed by atoms with E-state index in [1.54, 1.807) is 0 Å². The molecule has 2 N–H and O–H groups in total. The predicted octanol–water partition coefficient (Wildman–Crippen LogP) is 2.21. The van der Waals surface area contributed by atoms with Gasteiger partial charge in [0.2, 0.25) is 0 Å². The van der Waals surface area contributed by atoms with Crippen molar-refractivity contribution < 1.29 is 4.74 Å². The zero-order valence-corrected chi connectivity index (χ0v) is 9.55. The smallest absolute Gasteiger partial charge is 0.104 e. The van der Waals surface area contributed by atoms with E-state index in [9.17, 15) is 0 Å². The van der Waals surface area contributed by atoms with E-state index in [1.807, 2.05) is 6.92 Å². The highest BCUT2D eigenvalue weighted by molar-refractivity contribution is 5.03. The summed E-state index contributed by atoms with van der Waals surface area (Å²) in [6.45, 7) is 6.80. The number of hydrogen-bond acceptors (Lipinski definition) is 3. The average molecular weight is 198 g/mol. The van der Waals surface area contributed by atoms with Crippen LogP contribution < -0.4 is 5.73 Å². The quantitative estimate of drug-likeness (QED) is 0.638. The van der Waals surface area contributed by atoms with E-state index in [-0.39, 0.29) is 0 Å². The summed E-state index contributed by atoms with van der Waals surface area (Å²) in [5.41, 5.74) is 5.18. The number of ether oxygens (including phenoxy) is 1. The Morgan fingerprint density at radius 1 is 1.50 bits per heavy atom. The average Bonchev–Trinajstić information content (AvgIpc) is 2.23. The van der Waals surface area contributed by atoms with Gasteiger partial charge in [-0.3, -0.25) is 0 Å². The van der Waals surface area contributed by atoms with Gasteiger partial charge in [-0.15, -0.1) is 0 Å². The lowest BCUT2D eigenvalue weighted by Gasteiger charge is -2.19. The SMILES string of the molecule is CCC(C)OCCCC(N)(C#N)CC. The van der Waals surface area contributed by atoms with E-state index in [2.05, 4.69) is 19.9 Å². The molecule has 0 aromatic rings. The van der Waals surface area contributed by atoms with E-state index in [1.165, 1.54) is 0 Å². The summed E-state index contributed by atoms with van der Waals surface area (Å²) in [7, 11) is 0. The van der Waals surface area contributed by atoms with Gasteiger partial charge in [0, 0.05) is 6.61 Å². The Morgan fingerprint density at radius 3 is 2.57 bits per heavy atom. The van der Waals surface area contributed by atoms with Crippen molar-refractivity contribution in [2.75, 3.05) is 6.61 Å². The molecule has 0 aliphatic heterocycles. The van der Waals surface area contributed by atoms with E-state index in [0.29, 0.717) is 19.1 Å². The highest BCUT2D eigenvalue weighted by Crippen LogP contribution is 2.13. The first kappa shape index (κ1) is 13.4. The molecule has 0 aliphatic rings. The Balaban J connectivity index is 3.59. The van der Waals surface area contributed by atoms with Gasteiger partial charge in [-0.1, -0.05) is 13.8 Å². The third-order valence-corrected chi connectivity index (χ3v) is 2.60. The molecule has 82 valence electrons. The lowest BCUT2D eigenvalue weighted by Crippen LogP contribution is -2.37. The zero-order chi connectivity index (χ0) is 11.0. The van der Waals surface area contributed by atoms with E-state index in [4.69, 9.17) is 15.7 Å². The first-order chi connectivity index (χ1) is 6.58. The molecule has 0 saturated carbocycles. The summed E-state index contributed by atoms with van der Waals surface area (Å²) in [5, 5.41) is 8.82. The van der Waals surface area contributed by atoms with E-state index < -0.39 is 5.54 Å². The minimum Gasteiger partial charge on any atom is -0.379 e. The fourth-order valence-electron chi connectivity index (χ4n) is 1.10. The van der Waals surface area contributed by atoms with Gasteiger partial charge in [-0.05, 0) is 32.6 Å². The van der Waals surface area contributed by atoms with Crippen LogP contribution in [-0.4, -0.2) is 18.2 Å². The van der Waals surface area contributed by atoms with Crippen LogP contribution in [0.5, 0.6) is 0 Å². The topological polar surface area (TPSA) is 59.0 Å². The second-order valence-corrected chi connectivity index (χ2v) is 3.81. The maximum Gasteiger partial charge on any atom is 0.104 e. The molecule has 2 unspecified atom stereocenters. The molecule has 3 heteroatoms. The van der Waals surface area contributed by atoms with Crippen molar-refractivity contribution in [1.82, 2.24) is 0 Å². The molecular weight excluding hydrogens is 176 g/mol. The number of rotatable bonds is 7. The number of hydrogen-bond donors (Lipinski definition) is 1. The van der Waals surface area contributed by atoms with Crippen molar-refractivity contribution in [3.63, 3.8) is 0 Å². The van der Waals surface area contributed by atoms with Crippen LogP contribution in [0.15, 0.2) is 0 Å². The van der Waals surface area contributed by atoms with Crippen molar-refractivity contribution >= 4 is 0 Å². The summed E-state index contributed by atoms with van der Waals surface area (Å²) < 4.78 is 5.51. The first-order valence-electron chi connectivity index (χ1n) is 5.39. The van der Waals surface area contributed by atoms with Gasteiger partial charge in [0.25, 0.3) is 0 Å². The second-order valence-electron chi connectivity index (χ2n) is 3.81. The van der Waals surface area contributed by atoms with Crippen LogP contribution in [-0.2, 0) is 4.74 Å². The third-order valence-electron chi connectivity index (χ3n) is 2.60.